The van der Waals surface area contributed by atoms with Crippen molar-refractivity contribution in [3.8, 4) is 0 Å². The Morgan fingerprint density at radius 2 is 1.86 bits per heavy atom. The van der Waals surface area contributed by atoms with Crippen molar-refractivity contribution < 1.29 is 36.0 Å². The molecule has 37 heavy (non-hydrogen) atoms. The van der Waals surface area contributed by atoms with Crippen molar-refractivity contribution in [3.63, 3.8) is 0 Å². The monoisotopic (exact) mass is 537 g/mol. The highest BCUT2D eigenvalue weighted by Gasteiger charge is 2.37. The van der Waals surface area contributed by atoms with Crippen LogP contribution in [0.4, 0.5) is 38.0 Å². The Bertz CT molecular complexity index is 1120. The number of hydrogen-bond acceptors (Lipinski definition) is 8. The van der Waals surface area contributed by atoms with Crippen molar-refractivity contribution in [1.29, 1.82) is 0 Å². The smallest absolute Gasteiger partial charge is 0.378 e. The van der Waals surface area contributed by atoms with Gasteiger partial charge in [-0.15, -0.1) is 0 Å². The van der Waals surface area contributed by atoms with Crippen molar-refractivity contribution in [2.75, 3.05) is 23.4 Å². The van der Waals surface area contributed by atoms with Gasteiger partial charge in [-0.25, -0.2) is 20.5 Å². The third-order valence-electron chi connectivity index (χ3n) is 5.74. The Labute approximate surface area is 206 Å². The van der Waals surface area contributed by atoms with Crippen molar-refractivity contribution in [3.05, 3.63) is 40.1 Å². The molecule has 1 saturated heterocycles. The lowest BCUT2D eigenvalue weighted by Crippen LogP contribution is -2.43. The molecule has 1 amide bonds. The van der Waals surface area contributed by atoms with E-state index in [1.165, 1.54) is 6.92 Å². The first-order chi connectivity index (χ1) is 17.3. The Hall–Kier alpha value is -3.43. The van der Waals surface area contributed by atoms with Gasteiger partial charge < -0.3 is 10.2 Å². The zero-order chi connectivity index (χ0) is 27.4. The summed E-state index contributed by atoms with van der Waals surface area (Å²) in [6.07, 6.45) is -5.87. The molecule has 3 heterocycles. The van der Waals surface area contributed by atoms with E-state index in [1.807, 2.05) is 6.92 Å². The summed E-state index contributed by atoms with van der Waals surface area (Å²) >= 11 is 0. The fourth-order valence-electron chi connectivity index (χ4n) is 4.02. The van der Waals surface area contributed by atoms with E-state index in [4.69, 9.17) is 4.84 Å². The molecule has 3 atom stereocenters. The van der Waals surface area contributed by atoms with Crippen LogP contribution in [0.3, 0.4) is 0 Å². The Morgan fingerprint density at radius 3 is 2.46 bits per heavy atom. The number of hydroxylamine groups is 1. The van der Waals surface area contributed by atoms with Gasteiger partial charge in [0.05, 0.1) is 24.1 Å². The van der Waals surface area contributed by atoms with Crippen molar-refractivity contribution in [1.82, 2.24) is 25.6 Å². The SMILES string of the molecule is C[C@@H]1CC(CC(=O)NOC[C@H](C)Nc2cn[nH]c(=O)c2C(F)(F)F)CCN1c1ncc(C(F)(F)F)cn1. The van der Waals surface area contributed by atoms with Crippen LogP contribution in [0.25, 0.3) is 0 Å². The molecular formula is C21H25F6N7O3. The quantitative estimate of drug-likeness (QED) is 0.347. The van der Waals surface area contributed by atoms with Gasteiger partial charge in [0, 0.05) is 37.4 Å². The molecule has 3 rings (SSSR count). The van der Waals surface area contributed by atoms with Crippen molar-refractivity contribution in [2.24, 2.45) is 5.92 Å². The summed E-state index contributed by atoms with van der Waals surface area (Å²) in [7, 11) is 0. The number of anilines is 2. The van der Waals surface area contributed by atoms with E-state index in [0.717, 1.165) is 18.6 Å². The first kappa shape index (κ1) is 28.1. The number of nitrogens with one attached hydrogen (secondary N) is 3. The molecule has 0 aliphatic carbocycles. The number of nitrogens with zero attached hydrogens (tertiary/aromatic N) is 4. The molecule has 0 aromatic carbocycles. The maximum atomic E-state index is 13.1. The maximum absolute atomic E-state index is 13.1. The molecule has 2 aromatic rings. The minimum absolute atomic E-state index is 0.0312. The van der Waals surface area contributed by atoms with Gasteiger partial charge in [0.15, 0.2) is 0 Å². The van der Waals surface area contributed by atoms with Crippen LogP contribution < -0.4 is 21.3 Å². The summed E-state index contributed by atoms with van der Waals surface area (Å²) < 4.78 is 77.5. The van der Waals surface area contributed by atoms with Gasteiger partial charge in [-0.1, -0.05) is 0 Å². The van der Waals surface area contributed by atoms with Gasteiger partial charge >= 0.3 is 12.4 Å². The van der Waals surface area contributed by atoms with E-state index >= 15 is 0 Å². The number of H-pyrrole nitrogens is 1. The molecule has 16 heteroatoms. The summed E-state index contributed by atoms with van der Waals surface area (Å²) in [5.74, 6) is -0.286. The van der Waals surface area contributed by atoms with E-state index in [0.29, 0.717) is 19.4 Å². The van der Waals surface area contributed by atoms with Crippen LogP contribution in [0.15, 0.2) is 23.4 Å². The second-order valence-electron chi connectivity index (χ2n) is 8.77. The highest BCUT2D eigenvalue weighted by molar-refractivity contribution is 5.75. The van der Waals surface area contributed by atoms with Gasteiger partial charge in [-0.2, -0.15) is 31.4 Å². The number of aromatic nitrogens is 4. The summed E-state index contributed by atoms with van der Waals surface area (Å²) in [5.41, 5.74) is -2.00. The number of alkyl halides is 6. The molecule has 1 aliphatic rings. The third kappa shape index (κ3) is 7.53. The molecule has 0 bridgehead atoms. The minimum Gasteiger partial charge on any atom is -0.378 e. The van der Waals surface area contributed by atoms with Crippen LogP contribution in [0.1, 0.15) is 44.2 Å². The average molecular weight is 537 g/mol. The molecule has 2 aromatic heterocycles. The van der Waals surface area contributed by atoms with Crippen molar-refractivity contribution >= 4 is 17.5 Å². The largest absolute Gasteiger partial charge is 0.423 e. The van der Waals surface area contributed by atoms with E-state index in [2.05, 4.69) is 25.9 Å². The number of amides is 1. The Kier molecular flexibility index (Phi) is 8.60. The van der Waals surface area contributed by atoms with E-state index < -0.39 is 46.7 Å². The molecule has 0 saturated carbocycles. The van der Waals surface area contributed by atoms with Crippen LogP contribution in [0, 0.1) is 5.92 Å². The molecule has 1 unspecified atom stereocenters. The molecule has 3 N–H and O–H groups in total. The number of carbonyl (C=O) groups excluding carboxylic acids is 1. The number of piperidine rings is 1. The lowest BCUT2D eigenvalue weighted by atomic mass is 9.89. The van der Waals surface area contributed by atoms with Gasteiger partial charge in [-0.05, 0) is 32.6 Å². The first-order valence-corrected chi connectivity index (χ1v) is 11.2. The van der Waals surface area contributed by atoms with E-state index in [9.17, 15) is 35.9 Å². The number of carbonyl (C=O) groups is 1. The van der Waals surface area contributed by atoms with Gasteiger partial charge in [-0.3, -0.25) is 14.4 Å². The number of halogens is 6. The predicted octanol–water partition coefficient (Wildman–Crippen LogP) is 3.14. The van der Waals surface area contributed by atoms with Crippen molar-refractivity contribution in [2.45, 2.75) is 57.5 Å². The van der Waals surface area contributed by atoms with E-state index in [-0.39, 0.29) is 30.9 Å². The number of hydrogen-bond donors (Lipinski definition) is 3. The summed E-state index contributed by atoms with van der Waals surface area (Å²) in [6, 6.07) is -0.837. The van der Waals surface area contributed by atoms with Crippen LogP contribution in [-0.2, 0) is 22.0 Å². The molecule has 0 radical (unpaired) electrons. The lowest BCUT2D eigenvalue weighted by molar-refractivity contribution is -0.139. The molecule has 1 aliphatic heterocycles. The zero-order valence-electron chi connectivity index (χ0n) is 19.8. The average Bonchev–Trinajstić information content (AvgIpc) is 2.78. The maximum Gasteiger partial charge on any atom is 0.423 e. The van der Waals surface area contributed by atoms with Crippen LogP contribution in [0.2, 0.25) is 0 Å². The second kappa shape index (κ2) is 11.3. The Morgan fingerprint density at radius 1 is 1.19 bits per heavy atom. The molecular weight excluding hydrogens is 512 g/mol. The highest BCUT2D eigenvalue weighted by Crippen LogP contribution is 2.32. The van der Waals surface area contributed by atoms with Gasteiger partial charge in [0.2, 0.25) is 11.9 Å². The topological polar surface area (TPSA) is 125 Å². The van der Waals surface area contributed by atoms with Crippen LogP contribution >= 0.6 is 0 Å². The highest BCUT2D eigenvalue weighted by atomic mass is 19.4. The number of rotatable bonds is 8. The third-order valence-corrected chi connectivity index (χ3v) is 5.74. The summed E-state index contributed by atoms with van der Waals surface area (Å²) in [5, 5.41) is 7.59. The summed E-state index contributed by atoms with van der Waals surface area (Å²) in [6.45, 7) is 3.59. The number of aromatic amines is 1. The molecule has 1 fully saturated rings. The van der Waals surface area contributed by atoms with E-state index in [1.54, 1.807) is 10.00 Å². The summed E-state index contributed by atoms with van der Waals surface area (Å²) in [4.78, 5) is 38.3. The normalized spacial score (nSPS) is 19.4. The molecule has 10 nitrogen and oxygen atoms in total. The fraction of sp³-hybridized carbons (Fsp3) is 0.571. The lowest BCUT2D eigenvalue weighted by Gasteiger charge is -2.37. The molecule has 0 spiro atoms. The van der Waals surface area contributed by atoms with Crippen LogP contribution in [-0.4, -0.2) is 51.3 Å². The predicted molar refractivity (Wildman–Crippen MR) is 118 cm³/mol. The zero-order valence-corrected chi connectivity index (χ0v) is 19.8. The molecule has 204 valence electrons. The van der Waals surface area contributed by atoms with Gasteiger partial charge in [0.25, 0.3) is 5.56 Å². The van der Waals surface area contributed by atoms with Gasteiger partial charge in [0.1, 0.15) is 5.56 Å². The van der Waals surface area contributed by atoms with Crippen LogP contribution in [0.5, 0.6) is 0 Å². The fourth-order valence-corrected chi connectivity index (χ4v) is 4.02. The second-order valence-corrected chi connectivity index (χ2v) is 8.77. The minimum atomic E-state index is -4.89. The Balaban J connectivity index is 1.44. The first-order valence-electron chi connectivity index (χ1n) is 11.2. The standard InChI is InChI=1S/C21H25F6N7O3/c1-11(31-15-9-30-32-18(36)17(15)21(25,26)27)10-37-33-16(35)6-13-3-4-34(12(2)5-13)19-28-7-14(8-29-19)20(22,23)24/h7-9,11-13H,3-6,10H2,1-2H3,(H,33,35)(H2,31,32,36)/t11-,12+,13?/m0/s1.